The molecular weight excluding hydrogens is 460 g/mol. The first kappa shape index (κ1) is 29.8. The zero-order chi connectivity index (χ0) is 27.1. The molecule has 210 valence electrons. The number of rotatable bonds is 1. The molecule has 3 rings (SSSR count). The molecule has 3 aliphatic rings. The van der Waals surface area contributed by atoms with E-state index in [1.165, 1.54) is 0 Å². The molecule has 0 aromatic carbocycles. The maximum absolute atomic E-state index is 13.6. The summed E-state index contributed by atoms with van der Waals surface area (Å²) in [6.07, 6.45) is 0.351. The number of carbonyl (C=O) groups excluding carboxylic acids is 1. The van der Waals surface area contributed by atoms with Gasteiger partial charge in [-0.05, 0) is 65.3 Å². The van der Waals surface area contributed by atoms with Gasteiger partial charge in [-0.2, -0.15) is 0 Å². The Bertz CT molecular complexity index is 756. The lowest BCUT2D eigenvalue weighted by Crippen LogP contribution is -2.59. The van der Waals surface area contributed by atoms with Crippen molar-refractivity contribution in [2.75, 3.05) is 26.7 Å². The number of cyclic esters (lactones) is 1. The third-order valence-electron chi connectivity index (χ3n) is 9.66. The molecule has 3 saturated heterocycles. The fraction of sp³-hybridized carbons (Fsp3) is 0.964. The van der Waals surface area contributed by atoms with Crippen molar-refractivity contribution in [1.29, 1.82) is 0 Å². The Balaban J connectivity index is 2.08. The highest BCUT2D eigenvalue weighted by Crippen LogP contribution is 2.47. The highest BCUT2D eigenvalue weighted by molar-refractivity contribution is 5.73. The van der Waals surface area contributed by atoms with Crippen LogP contribution in [-0.2, 0) is 19.0 Å². The lowest BCUT2D eigenvalue weighted by molar-refractivity contribution is -0.307. The smallest absolute Gasteiger partial charge is 0.311 e. The van der Waals surface area contributed by atoms with Gasteiger partial charge in [0.25, 0.3) is 0 Å². The number of carbonyl (C=O) groups is 1. The average molecular weight is 513 g/mol. The van der Waals surface area contributed by atoms with Crippen LogP contribution in [0.25, 0.3) is 0 Å². The maximum Gasteiger partial charge on any atom is 0.311 e. The Morgan fingerprint density at radius 3 is 2.31 bits per heavy atom. The van der Waals surface area contributed by atoms with Crippen LogP contribution < -0.4 is 5.32 Å². The average Bonchev–Trinajstić information content (AvgIpc) is 2.89. The summed E-state index contributed by atoms with van der Waals surface area (Å²) in [5.74, 6) is -1.25. The number of hydrogen-bond acceptors (Lipinski definition) is 8. The van der Waals surface area contributed by atoms with E-state index in [1.807, 2.05) is 27.8 Å². The maximum atomic E-state index is 13.6. The second kappa shape index (κ2) is 11.1. The van der Waals surface area contributed by atoms with Gasteiger partial charge in [0.15, 0.2) is 5.79 Å². The summed E-state index contributed by atoms with van der Waals surface area (Å²) in [6.45, 7) is 18.4. The van der Waals surface area contributed by atoms with Crippen LogP contribution in [0.1, 0.15) is 81.1 Å². The van der Waals surface area contributed by atoms with Crippen molar-refractivity contribution < 1.29 is 29.2 Å². The van der Waals surface area contributed by atoms with Crippen LogP contribution in [-0.4, -0.2) is 89.1 Å². The predicted octanol–water partition coefficient (Wildman–Crippen LogP) is 2.94. The summed E-state index contributed by atoms with van der Waals surface area (Å²) in [6, 6.07) is -0.332. The van der Waals surface area contributed by atoms with Gasteiger partial charge >= 0.3 is 5.97 Å². The Morgan fingerprint density at radius 2 is 1.72 bits per heavy atom. The van der Waals surface area contributed by atoms with E-state index < -0.39 is 41.1 Å². The number of fused-ring (bicyclic) bond motifs is 3. The van der Waals surface area contributed by atoms with E-state index in [1.54, 1.807) is 6.92 Å². The molecule has 10 unspecified atom stereocenters. The highest BCUT2D eigenvalue weighted by atomic mass is 16.7. The number of hydrogen-bond donors (Lipinski definition) is 3. The Hall–Kier alpha value is -0.770. The molecule has 0 aliphatic carbocycles. The SMILES string of the molecule is CCC1OC(=O)C(C)C2OC3(CCNCC3)OC(C)(CC(C)CN(C)C(C)C(O)C1(C)O)C(C)C2C. The van der Waals surface area contributed by atoms with Crippen molar-refractivity contribution in [3.05, 3.63) is 0 Å². The highest BCUT2D eigenvalue weighted by Gasteiger charge is 2.54. The van der Waals surface area contributed by atoms with Gasteiger partial charge in [0, 0.05) is 38.5 Å². The summed E-state index contributed by atoms with van der Waals surface area (Å²) in [5, 5.41) is 26.0. The van der Waals surface area contributed by atoms with E-state index in [9.17, 15) is 15.0 Å². The standard InChI is InChI=1S/C28H52N2O6/c1-10-22-27(8,33)24(31)21(6)30(9)16-17(2)15-26(7)20(5)18(3)23(19(4)25(32)34-22)35-28(36-26)11-13-29-14-12-28/h17-24,29,31,33H,10-16H2,1-9H3. The fourth-order valence-corrected chi connectivity index (χ4v) is 6.88. The molecule has 3 heterocycles. The van der Waals surface area contributed by atoms with Crippen LogP contribution in [0.4, 0.5) is 0 Å². The van der Waals surface area contributed by atoms with Crippen molar-refractivity contribution in [2.45, 2.75) is 122 Å². The molecule has 0 aromatic rings. The van der Waals surface area contributed by atoms with Crippen molar-refractivity contribution >= 4 is 5.97 Å². The monoisotopic (exact) mass is 512 g/mol. The van der Waals surface area contributed by atoms with Crippen molar-refractivity contribution in [1.82, 2.24) is 10.2 Å². The molecule has 1 spiro atoms. The molecule has 0 radical (unpaired) electrons. The molecule has 36 heavy (non-hydrogen) atoms. The summed E-state index contributed by atoms with van der Waals surface area (Å²) >= 11 is 0. The van der Waals surface area contributed by atoms with Crippen LogP contribution in [0.3, 0.4) is 0 Å². The molecule has 3 N–H and O–H groups in total. The van der Waals surface area contributed by atoms with Crippen LogP contribution in [0.5, 0.6) is 0 Å². The van der Waals surface area contributed by atoms with Gasteiger partial charge in [-0.3, -0.25) is 4.79 Å². The number of ether oxygens (including phenoxy) is 3. The van der Waals surface area contributed by atoms with Gasteiger partial charge in [0.1, 0.15) is 17.8 Å². The van der Waals surface area contributed by atoms with Crippen LogP contribution in [0.15, 0.2) is 0 Å². The quantitative estimate of drug-likeness (QED) is 0.461. The van der Waals surface area contributed by atoms with E-state index in [4.69, 9.17) is 14.2 Å². The van der Waals surface area contributed by atoms with Gasteiger partial charge in [-0.15, -0.1) is 0 Å². The third kappa shape index (κ3) is 5.79. The van der Waals surface area contributed by atoms with E-state index in [-0.39, 0.29) is 29.9 Å². The second-order valence-electron chi connectivity index (χ2n) is 12.6. The molecule has 2 bridgehead atoms. The van der Waals surface area contributed by atoms with Gasteiger partial charge in [0.05, 0.1) is 17.6 Å². The molecule has 8 heteroatoms. The van der Waals surface area contributed by atoms with Gasteiger partial charge in [-0.25, -0.2) is 0 Å². The predicted molar refractivity (Wildman–Crippen MR) is 139 cm³/mol. The molecule has 0 saturated carbocycles. The Morgan fingerprint density at radius 1 is 1.11 bits per heavy atom. The molecule has 0 aromatic heterocycles. The van der Waals surface area contributed by atoms with Crippen LogP contribution in [0, 0.1) is 23.7 Å². The molecule has 10 atom stereocenters. The lowest BCUT2D eigenvalue weighted by Gasteiger charge is -2.46. The number of nitrogens with zero attached hydrogens (tertiary/aromatic N) is 1. The van der Waals surface area contributed by atoms with Crippen LogP contribution in [0.2, 0.25) is 0 Å². The third-order valence-corrected chi connectivity index (χ3v) is 9.66. The Labute approximate surface area is 218 Å². The minimum Gasteiger partial charge on any atom is -0.459 e. The van der Waals surface area contributed by atoms with Crippen molar-refractivity contribution in [2.24, 2.45) is 23.7 Å². The van der Waals surface area contributed by atoms with E-state index in [0.29, 0.717) is 6.42 Å². The van der Waals surface area contributed by atoms with Gasteiger partial charge < -0.3 is 34.6 Å². The number of esters is 1. The zero-order valence-electron chi connectivity index (χ0n) is 24.0. The minimum absolute atomic E-state index is 0.0481. The number of likely N-dealkylation sites (N-methyl/N-ethyl adjacent to an activating group) is 1. The number of nitrogens with one attached hydrogen (secondary N) is 1. The number of piperidine rings is 1. The Kier molecular flexibility index (Phi) is 9.22. The van der Waals surface area contributed by atoms with Crippen molar-refractivity contribution in [3.63, 3.8) is 0 Å². The van der Waals surface area contributed by atoms with Crippen LogP contribution >= 0.6 is 0 Å². The van der Waals surface area contributed by atoms with Gasteiger partial charge in [0.2, 0.25) is 0 Å². The van der Waals surface area contributed by atoms with E-state index in [0.717, 1.165) is 38.9 Å². The van der Waals surface area contributed by atoms with E-state index in [2.05, 4.69) is 37.9 Å². The second-order valence-corrected chi connectivity index (χ2v) is 12.6. The first-order valence-electron chi connectivity index (χ1n) is 14.1. The zero-order valence-corrected chi connectivity index (χ0v) is 24.0. The largest absolute Gasteiger partial charge is 0.459 e. The molecule has 3 fully saturated rings. The van der Waals surface area contributed by atoms with Gasteiger partial charge in [-0.1, -0.05) is 27.7 Å². The topological polar surface area (TPSA) is 100 Å². The molecular formula is C28H52N2O6. The number of aliphatic hydroxyl groups excluding tert-OH is 1. The molecule has 8 nitrogen and oxygen atoms in total. The number of aliphatic hydroxyl groups is 2. The summed E-state index contributed by atoms with van der Waals surface area (Å²) in [4.78, 5) is 15.6. The molecule has 0 amide bonds. The molecule has 3 aliphatic heterocycles. The summed E-state index contributed by atoms with van der Waals surface area (Å²) in [5.41, 5.74) is -2.05. The minimum atomic E-state index is -1.60. The summed E-state index contributed by atoms with van der Waals surface area (Å²) in [7, 11) is 1.98. The lowest BCUT2D eigenvalue weighted by atomic mass is 9.73. The fourth-order valence-electron chi connectivity index (χ4n) is 6.88. The first-order chi connectivity index (χ1) is 16.7. The van der Waals surface area contributed by atoms with Crippen molar-refractivity contribution in [3.8, 4) is 0 Å². The van der Waals surface area contributed by atoms with E-state index >= 15 is 0 Å². The normalized spacial score (nSPS) is 47.6. The first-order valence-corrected chi connectivity index (χ1v) is 14.1. The summed E-state index contributed by atoms with van der Waals surface area (Å²) < 4.78 is 19.8.